The fraction of sp³-hybridized carbons (Fsp3) is 0.938. The van der Waals surface area contributed by atoms with E-state index in [0.717, 1.165) is 13.2 Å². The molecule has 1 unspecified atom stereocenters. The van der Waals surface area contributed by atoms with Gasteiger partial charge >= 0.3 is 5.97 Å². The molecule has 5 heteroatoms. The van der Waals surface area contributed by atoms with Crippen LogP contribution in [0.5, 0.6) is 0 Å². The standard InChI is InChI=1S/C16H31NO3Si/c1-7-19-15(18)14-13(12-8-9-12)17(14)10-11-20-21(5,6)16(2,3)4/h12-14H,7-11H2,1-6H3/t13-,14-,17?/m1/s1. The predicted octanol–water partition coefficient (Wildman–Crippen LogP) is 3.03. The molecule has 2 rings (SSSR count). The van der Waals surface area contributed by atoms with Crippen molar-refractivity contribution in [3.8, 4) is 0 Å². The second-order valence-corrected chi connectivity index (χ2v) is 12.7. The van der Waals surface area contributed by atoms with Crippen LogP contribution in [0.1, 0.15) is 40.5 Å². The fourth-order valence-corrected chi connectivity index (χ4v) is 3.71. The molecule has 21 heavy (non-hydrogen) atoms. The maximum atomic E-state index is 12.0. The van der Waals surface area contributed by atoms with Gasteiger partial charge in [0.15, 0.2) is 8.32 Å². The number of hydrogen-bond acceptors (Lipinski definition) is 4. The Balaban J connectivity index is 1.81. The molecule has 0 radical (unpaired) electrons. The van der Waals surface area contributed by atoms with E-state index in [1.807, 2.05) is 6.92 Å². The van der Waals surface area contributed by atoms with Gasteiger partial charge < -0.3 is 9.16 Å². The van der Waals surface area contributed by atoms with E-state index in [0.29, 0.717) is 18.6 Å². The van der Waals surface area contributed by atoms with Crippen LogP contribution in [0.2, 0.25) is 18.1 Å². The molecule has 1 saturated carbocycles. The SMILES string of the molecule is CCOC(=O)[C@H]1[C@@H](C2CC2)N1CCO[Si](C)(C)C(C)(C)C. The predicted molar refractivity (Wildman–Crippen MR) is 86.8 cm³/mol. The lowest BCUT2D eigenvalue weighted by molar-refractivity contribution is -0.143. The molecule has 1 saturated heterocycles. The summed E-state index contributed by atoms with van der Waals surface area (Å²) in [6.45, 7) is 15.2. The third-order valence-corrected chi connectivity index (χ3v) is 9.76. The molecular weight excluding hydrogens is 282 g/mol. The molecule has 0 aromatic rings. The lowest BCUT2D eigenvalue weighted by Gasteiger charge is -2.36. The van der Waals surface area contributed by atoms with E-state index in [1.165, 1.54) is 12.8 Å². The molecule has 1 aliphatic heterocycles. The fourth-order valence-electron chi connectivity index (χ4n) is 2.68. The van der Waals surface area contributed by atoms with Gasteiger partial charge in [0.2, 0.25) is 0 Å². The number of hydrogen-bond donors (Lipinski definition) is 0. The molecule has 4 nitrogen and oxygen atoms in total. The Morgan fingerprint density at radius 1 is 1.29 bits per heavy atom. The molecule has 0 spiro atoms. The number of ether oxygens (including phenoxy) is 1. The van der Waals surface area contributed by atoms with E-state index in [4.69, 9.17) is 9.16 Å². The third kappa shape index (κ3) is 3.87. The quantitative estimate of drug-likeness (QED) is 0.411. The van der Waals surface area contributed by atoms with Crippen molar-refractivity contribution in [3.63, 3.8) is 0 Å². The van der Waals surface area contributed by atoms with Crippen LogP contribution in [-0.2, 0) is 14.0 Å². The first kappa shape index (κ1) is 17.0. The topological polar surface area (TPSA) is 38.5 Å². The Bertz CT molecular complexity index is 387. The molecule has 1 heterocycles. The molecule has 122 valence electrons. The molecular formula is C16H31NO3Si. The third-order valence-electron chi connectivity index (χ3n) is 5.23. The highest BCUT2D eigenvalue weighted by atomic mass is 28.4. The minimum absolute atomic E-state index is 0.000431. The monoisotopic (exact) mass is 313 g/mol. The van der Waals surface area contributed by atoms with Crippen LogP contribution in [0, 0.1) is 5.92 Å². The average Bonchev–Trinajstić information content (AvgIpc) is 3.21. The summed E-state index contributed by atoms with van der Waals surface area (Å²) >= 11 is 0. The van der Waals surface area contributed by atoms with Crippen molar-refractivity contribution in [3.05, 3.63) is 0 Å². The van der Waals surface area contributed by atoms with Crippen LogP contribution in [0.15, 0.2) is 0 Å². The van der Waals surface area contributed by atoms with Gasteiger partial charge in [-0.3, -0.25) is 9.69 Å². The minimum Gasteiger partial charge on any atom is -0.465 e. The largest absolute Gasteiger partial charge is 0.465 e. The van der Waals surface area contributed by atoms with Crippen LogP contribution in [0.4, 0.5) is 0 Å². The van der Waals surface area contributed by atoms with Crippen molar-refractivity contribution in [1.29, 1.82) is 0 Å². The molecule has 0 bridgehead atoms. The van der Waals surface area contributed by atoms with Gasteiger partial charge in [0.25, 0.3) is 0 Å². The van der Waals surface area contributed by atoms with Gasteiger partial charge in [-0.05, 0) is 43.8 Å². The first-order valence-electron chi connectivity index (χ1n) is 8.25. The number of carbonyl (C=O) groups excluding carboxylic acids is 1. The Labute approximate surface area is 130 Å². The number of nitrogens with zero attached hydrogens (tertiary/aromatic N) is 1. The van der Waals surface area contributed by atoms with Gasteiger partial charge in [0.1, 0.15) is 6.04 Å². The van der Waals surface area contributed by atoms with Crippen LogP contribution in [-0.4, -0.2) is 51.0 Å². The molecule has 0 amide bonds. The molecule has 1 aliphatic carbocycles. The zero-order valence-electron chi connectivity index (χ0n) is 14.4. The number of rotatable bonds is 7. The van der Waals surface area contributed by atoms with E-state index in [1.54, 1.807) is 0 Å². The van der Waals surface area contributed by atoms with Crippen molar-refractivity contribution < 1.29 is 14.0 Å². The molecule has 3 atom stereocenters. The summed E-state index contributed by atoms with van der Waals surface area (Å²) in [5.41, 5.74) is 0. The first-order chi connectivity index (χ1) is 9.69. The van der Waals surface area contributed by atoms with Crippen molar-refractivity contribution in [2.24, 2.45) is 5.92 Å². The normalized spacial score (nSPS) is 29.3. The summed E-state index contributed by atoms with van der Waals surface area (Å²) < 4.78 is 11.4. The highest BCUT2D eigenvalue weighted by Crippen LogP contribution is 2.47. The maximum absolute atomic E-state index is 12.0. The zero-order chi connectivity index (χ0) is 15.8. The Hall–Kier alpha value is -0.393. The van der Waals surface area contributed by atoms with Crippen molar-refractivity contribution >= 4 is 14.3 Å². The van der Waals surface area contributed by atoms with Crippen molar-refractivity contribution in [2.45, 2.75) is 70.8 Å². The second-order valence-electron chi connectivity index (χ2n) is 7.87. The summed E-state index contributed by atoms with van der Waals surface area (Å²) in [6, 6.07) is 0.424. The maximum Gasteiger partial charge on any atom is 0.325 e. The lowest BCUT2D eigenvalue weighted by Crippen LogP contribution is -2.42. The van der Waals surface area contributed by atoms with Gasteiger partial charge in [-0.15, -0.1) is 0 Å². The van der Waals surface area contributed by atoms with E-state index in [9.17, 15) is 4.79 Å². The Morgan fingerprint density at radius 3 is 2.38 bits per heavy atom. The van der Waals surface area contributed by atoms with Crippen molar-refractivity contribution in [1.82, 2.24) is 4.90 Å². The molecule has 0 aromatic heterocycles. The van der Waals surface area contributed by atoms with Gasteiger partial charge in [-0.2, -0.15) is 0 Å². The van der Waals surface area contributed by atoms with E-state index in [2.05, 4.69) is 38.8 Å². The zero-order valence-corrected chi connectivity index (χ0v) is 15.4. The number of esters is 1. The molecule has 0 N–H and O–H groups in total. The smallest absolute Gasteiger partial charge is 0.325 e. The summed E-state index contributed by atoms with van der Waals surface area (Å²) in [5, 5.41) is 0.238. The van der Waals surface area contributed by atoms with E-state index >= 15 is 0 Å². The highest BCUT2D eigenvalue weighted by molar-refractivity contribution is 6.74. The van der Waals surface area contributed by atoms with Crippen LogP contribution < -0.4 is 0 Å². The summed E-state index contributed by atoms with van der Waals surface area (Å²) in [7, 11) is -1.68. The van der Waals surface area contributed by atoms with Gasteiger partial charge in [0.05, 0.1) is 6.61 Å². The van der Waals surface area contributed by atoms with Crippen LogP contribution in [0.3, 0.4) is 0 Å². The van der Waals surface area contributed by atoms with Gasteiger partial charge in [-0.1, -0.05) is 20.8 Å². The van der Waals surface area contributed by atoms with E-state index in [-0.39, 0.29) is 17.0 Å². The average molecular weight is 314 g/mol. The summed E-state index contributed by atoms with van der Waals surface area (Å²) in [5.74, 6) is 0.675. The van der Waals surface area contributed by atoms with Gasteiger partial charge in [-0.25, -0.2) is 0 Å². The molecule has 0 aromatic carbocycles. The van der Waals surface area contributed by atoms with Crippen LogP contribution >= 0.6 is 0 Å². The second kappa shape index (κ2) is 6.01. The molecule has 2 fully saturated rings. The van der Waals surface area contributed by atoms with E-state index < -0.39 is 8.32 Å². The number of carbonyl (C=O) groups is 1. The van der Waals surface area contributed by atoms with Crippen LogP contribution in [0.25, 0.3) is 0 Å². The minimum atomic E-state index is -1.68. The lowest BCUT2D eigenvalue weighted by atomic mass is 10.2. The van der Waals surface area contributed by atoms with Gasteiger partial charge in [0, 0.05) is 19.2 Å². The summed E-state index contributed by atoms with van der Waals surface area (Å²) in [6.07, 6.45) is 2.53. The Kier molecular flexibility index (Phi) is 4.86. The first-order valence-corrected chi connectivity index (χ1v) is 11.2. The molecule has 2 aliphatic rings. The highest BCUT2D eigenvalue weighted by Gasteiger charge is 2.59. The Morgan fingerprint density at radius 2 is 1.90 bits per heavy atom. The van der Waals surface area contributed by atoms with Crippen molar-refractivity contribution in [2.75, 3.05) is 19.8 Å². The summed E-state index contributed by atoms with van der Waals surface area (Å²) in [4.78, 5) is 14.3.